The average Bonchev–Trinajstić information content (AvgIpc) is 3.32. The second kappa shape index (κ2) is 6.72. The summed E-state index contributed by atoms with van der Waals surface area (Å²) in [5.41, 5.74) is 4.64. The molecule has 0 saturated carbocycles. The van der Waals surface area contributed by atoms with Crippen molar-refractivity contribution in [2.75, 3.05) is 5.43 Å². The van der Waals surface area contributed by atoms with Gasteiger partial charge in [-0.1, -0.05) is 48.5 Å². The van der Waals surface area contributed by atoms with Crippen molar-refractivity contribution in [3.05, 3.63) is 88.0 Å². The van der Waals surface area contributed by atoms with Crippen molar-refractivity contribution in [3.63, 3.8) is 0 Å². The van der Waals surface area contributed by atoms with E-state index in [0.717, 1.165) is 26.1 Å². The van der Waals surface area contributed by atoms with Gasteiger partial charge < -0.3 is 4.42 Å². The van der Waals surface area contributed by atoms with Gasteiger partial charge in [0.15, 0.2) is 5.76 Å². The Morgan fingerprint density at radius 1 is 1.10 bits per heavy atom. The summed E-state index contributed by atoms with van der Waals surface area (Å²) in [6.45, 7) is 1.96. The number of carbonyl (C=O) groups is 1. The second-order valence-electron chi connectivity index (χ2n) is 6.59. The maximum atomic E-state index is 13.2. The standard InChI is InChI=1S/C22H15N3O3S/c1-13-18(14-7-3-2-4-8-14)19-21(29-13)23-12-25(22(19)27)24-20(26)17-11-15-9-5-6-10-16(15)28-17/h2-12H,1H3,(H,24,26). The van der Waals surface area contributed by atoms with Crippen molar-refractivity contribution in [2.24, 2.45) is 0 Å². The van der Waals surface area contributed by atoms with Gasteiger partial charge in [0.2, 0.25) is 0 Å². The van der Waals surface area contributed by atoms with Crippen LogP contribution < -0.4 is 11.0 Å². The number of hydrogen-bond donors (Lipinski definition) is 1. The van der Waals surface area contributed by atoms with Crippen LogP contribution >= 0.6 is 11.3 Å². The molecule has 1 amide bonds. The van der Waals surface area contributed by atoms with Gasteiger partial charge in [0, 0.05) is 15.8 Å². The Morgan fingerprint density at radius 3 is 2.66 bits per heavy atom. The van der Waals surface area contributed by atoms with Crippen LogP contribution in [0.4, 0.5) is 0 Å². The number of nitrogens with one attached hydrogen (secondary N) is 1. The molecule has 0 aliphatic heterocycles. The molecule has 0 unspecified atom stereocenters. The number of benzene rings is 2. The van der Waals surface area contributed by atoms with Crippen LogP contribution in [0, 0.1) is 6.92 Å². The monoisotopic (exact) mass is 401 g/mol. The van der Waals surface area contributed by atoms with Crippen molar-refractivity contribution in [2.45, 2.75) is 6.92 Å². The van der Waals surface area contributed by atoms with E-state index in [1.165, 1.54) is 17.7 Å². The third-order valence-corrected chi connectivity index (χ3v) is 5.74. The summed E-state index contributed by atoms with van der Waals surface area (Å²) in [6, 6.07) is 18.7. The fourth-order valence-corrected chi connectivity index (χ4v) is 4.40. The number of thiophene rings is 1. The molecule has 0 saturated heterocycles. The maximum absolute atomic E-state index is 13.2. The number of amides is 1. The molecule has 6 nitrogen and oxygen atoms in total. The predicted octanol–water partition coefficient (Wildman–Crippen LogP) is 4.56. The second-order valence-corrected chi connectivity index (χ2v) is 7.79. The Labute approximate surface area is 169 Å². The topological polar surface area (TPSA) is 77.1 Å². The summed E-state index contributed by atoms with van der Waals surface area (Å²) >= 11 is 1.46. The summed E-state index contributed by atoms with van der Waals surface area (Å²) in [5.74, 6) is -0.388. The molecule has 142 valence electrons. The number of hydrogen-bond acceptors (Lipinski definition) is 5. The Balaban J connectivity index is 1.58. The number of aromatic nitrogens is 2. The number of nitrogens with zero attached hydrogens (tertiary/aromatic N) is 2. The van der Waals surface area contributed by atoms with E-state index in [0.29, 0.717) is 15.8 Å². The zero-order chi connectivity index (χ0) is 20.0. The molecule has 0 aliphatic carbocycles. The minimum absolute atomic E-state index is 0.128. The molecule has 5 aromatic rings. The first-order chi connectivity index (χ1) is 14.1. The van der Waals surface area contributed by atoms with Crippen LogP contribution in [0.15, 0.2) is 76.2 Å². The van der Waals surface area contributed by atoms with Crippen molar-refractivity contribution in [1.29, 1.82) is 0 Å². The first-order valence-electron chi connectivity index (χ1n) is 8.98. The van der Waals surface area contributed by atoms with Crippen molar-refractivity contribution in [1.82, 2.24) is 9.66 Å². The maximum Gasteiger partial charge on any atom is 0.305 e. The van der Waals surface area contributed by atoms with Gasteiger partial charge in [-0.3, -0.25) is 15.0 Å². The zero-order valence-electron chi connectivity index (χ0n) is 15.4. The molecule has 0 atom stereocenters. The van der Waals surface area contributed by atoms with Gasteiger partial charge >= 0.3 is 5.91 Å². The molecule has 0 spiro atoms. The van der Waals surface area contributed by atoms with Crippen LogP contribution in [0.5, 0.6) is 0 Å². The van der Waals surface area contributed by atoms with Crippen LogP contribution in [-0.2, 0) is 0 Å². The molecule has 0 bridgehead atoms. The summed E-state index contributed by atoms with van der Waals surface area (Å²) in [7, 11) is 0. The van der Waals surface area contributed by atoms with Crippen LogP contribution in [0.2, 0.25) is 0 Å². The van der Waals surface area contributed by atoms with E-state index in [4.69, 9.17) is 4.42 Å². The molecular formula is C22H15N3O3S. The van der Waals surface area contributed by atoms with Crippen LogP contribution in [0.25, 0.3) is 32.3 Å². The number of aryl methyl sites for hydroxylation is 1. The fraction of sp³-hybridized carbons (Fsp3) is 0.0455. The first kappa shape index (κ1) is 17.4. The number of carbonyl (C=O) groups excluding carboxylic acids is 1. The molecule has 0 radical (unpaired) electrons. The van der Waals surface area contributed by atoms with E-state index >= 15 is 0 Å². The highest BCUT2D eigenvalue weighted by molar-refractivity contribution is 7.19. The Morgan fingerprint density at radius 2 is 1.86 bits per heavy atom. The Kier molecular flexibility index (Phi) is 4.03. The fourth-order valence-electron chi connectivity index (χ4n) is 3.39. The lowest BCUT2D eigenvalue weighted by molar-refractivity contribution is 0.0982. The van der Waals surface area contributed by atoms with E-state index in [-0.39, 0.29) is 11.3 Å². The van der Waals surface area contributed by atoms with E-state index < -0.39 is 5.91 Å². The average molecular weight is 401 g/mol. The minimum Gasteiger partial charge on any atom is -0.451 e. The number of para-hydroxylation sites is 1. The molecule has 7 heteroatoms. The van der Waals surface area contributed by atoms with Gasteiger partial charge in [-0.15, -0.1) is 11.3 Å². The van der Waals surface area contributed by atoms with E-state index in [1.807, 2.05) is 55.5 Å². The lowest BCUT2D eigenvalue weighted by Crippen LogP contribution is -2.33. The highest BCUT2D eigenvalue weighted by atomic mass is 32.1. The third-order valence-electron chi connectivity index (χ3n) is 4.72. The molecule has 0 fully saturated rings. The van der Waals surface area contributed by atoms with Gasteiger partial charge in [0.1, 0.15) is 16.7 Å². The van der Waals surface area contributed by atoms with Crippen molar-refractivity contribution >= 4 is 38.4 Å². The van der Waals surface area contributed by atoms with Gasteiger partial charge in [-0.05, 0) is 24.6 Å². The highest BCUT2D eigenvalue weighted by Crippen LogP contribution is 2.35. The largest absolute Gasteiger partial charge is 0.451 e. The van der Waals surface area contributed by atoms with E-state index in [1.54, 1.807) is 12.1 Å². The highest BCUT2D eigenvalue weighted by Gasteiger charge is 2.19. The summed E-state index contributed by atoms with van der Waals surface area (Å²) in [6.07, 6.45) is 1.33. The molecular weight excluding hydrogens is 386 g/mol. The number of fused-ring (bicyclic) bond motifs is 2. The van der Waals surface area contributed by atoms with Crippen LogP contribution in [-0.4, -0.2) is 15.6 Å². The molecule has 3 heterocycles. The first-order valence-corrected chi connectivity index (χ1v) is 9.79. The molecule has 1 N–H and O–H groups in total. The minimum atomic E-state index is -0.516. The smallest absolute Gasteiger partial charge is 0.305 e. The summed E-state index contributed by atoms with van der Waals surface area (Å²) < 4.78 is 6.69. The third kappa shape index (κ3) is 2.92. The normalized spacial score (nSPS) is 11.2. The van der Waals surface area contributed by atoms with Gasteiger partial charge in [0.25, 0.3) is 5.56 Å². The van der Waals surface area contributed by atoms with Crippen molar-refractivity contribution in [3.8, 4) is 11.1 Å². The van der Waals surface area contributed by atoms with E-state index in [2.05, 4.69) is 10.4 Å². The van der Waals surface area contributed by atoms with E-state index in [9.17, 15) is 9.59 Å². The predicted molar refractivity (Wildman–Crippen MR) is 114 cm³/mol. The van der Waals surface area contributed by atoms with Crippen LogP contribution in [0.1, 0.15) is 15.4 Å². The zero-order valence-corrected chi connectivity index (χ0v) is 16.2. The molecule has 2 aromatic carbocycles. The number of furan rings is 1. The lowest BCUT2D eigenvalue weighted by atomic mass is 10.0. The summed E-state index contributed by atoms with van der Waals surface area (Å²) in [4.78, 5) is 31.8. The SMILES string of the molecule is Cc1sc2ncn(NC(=O)c3cc4ccccc4o3)c(=O)c2c1-c1ccccc1. The molecule has 5 rings (SSSR count). The molecule has 3 aromatic heterocycles. The van der Waals surface area contributed by atoms with Gasteiger partial charge in [-0.25, -0.2) is 9.66 Å². The van der Waals surface area contributed by atoms with Crippen LogP contribution in [0.3, 0.4) is 0 Å². The van der Waals surface area contributed by atoms with Crippen molar-refractivity contribution < 1.29 is 9.21 Å². The lowest BCUT2D eigenvalue weighted by Gasteiger charge is -2.07. The van der Waals surface area contributed by atoms with Gasteiger partial charge in [-0.2, -0.15) is 0 Å². The number of rotatable bonds is 3. The Hall–Kier alpha value is -3.71. The molecule has 0 aliphatic rings. The quantitative estimate of drug-likeness (QED) is 0.481. The Bertz CT molecular complexity index is 1400. The molecule has 29 heavy (non-hydrogen) atoms. The van der Waals surface area contributed by atoms with Gasteiger partial charge in [0.05, 0.1) is 5.39 Å². The summed E-state index contributed by atoms with van der Waals surface area (Å²) in [5, 5.41) is 1.31.